The predicted molar refractivity (Wildman–Crippen MR) is 360 cm³/mol. The number of esters is 1. The second-order valence-corrected chi connectivity index (χ2v) is 22.8. The molecule has 488 valence electrons. The normalized spacial score (nSPS) is 19.3. The van der Waals surface area contributed by atoms with Crippen LogP contribution in [0, 0.1) is 0 Å². The SMILES string of the molecule is CC/C=C\C/C=C\C/C=C\C/C=C\C/C=C\C/C=C\CCCCCC(O)C(=O)NC(COC1OC(CO)C(O)C(O)C1OC(=O)CCCCCCCCC/C=C\C/C=C\C/C=C\C/C=C\C/C=C\CC)C(O)/C=C/CCCCCCCCCCCC. The molecule has 0 aliphatic carbocycles. The maximum Gasteiger partial charge on any atom is 0.306 e. The van der Waals surface area contributed by atoms with Crippen LogP contribution in [0.25, 0.3) is 0 Å². The van der Waals surface area contributed by atoms with E-state index in [1.807, 2.05) is 6.08 Å². The van der Waals surface area contributed by atoms with Crippen molar-refractivity contribution in [2.24, 2.45) is 0 Å². The molecule has 1 rings (SSSR count). The fraction of sp³-hybridized carbons (Fsp3) is 0.653. The summed E-state index contributed by atoms with van der Waals surface area (Å²) in [6.07, 6.45) is 77.3. The highest BCUT2D eigenvalue weighted by atomic mass is 16.7. The van der Waals surface area contributed by atoms with Crippen molar-refractivity contribution in [2.45, 2.75) is 301 Å². The summed E-state index contributed by atoms with van der Waals surface area (Å²) in [5.41, 5.74) is 0. The van der Waals surface area contributed by atoms with Crippen LogP contribution in [-0.2, 0) is 23.8 Å². The van der Waals surface area contributed by atoms with Gasteiger partial charge in [-0.15, -0.1) is 0 Å². The molecule has 0 spiro atoms. The number of rotatable bonds is 56. The van der Waals surface area contributed by atoms with E-state index in [4.69, 9.17) is 14.2 Å². The minimum Gasteiger partial charge on any atom is -0.454 e. The summed E-state index contributed by atoms with van der Waals surface area (Å²) < 4.78 is 17.6. The summed E-state index contributed by atoms with van der Waals surface area (Å²) in [6, 6.07) is -1.05. The van der Waals surface area contributed by atoms with Crippen LogP contribution in [0.3, 0.4) is 0 Å². The largest absolute Gasteiger partial charge is 0.454 e. The Kier molecular flexibility index (Phi) is 56.2. The number of allylic oxidation sites excluding steroid dienone is 23. The molecule has 11 nitrogen and oxygen atoms in total. The standard InChI is InChI=1S/C75H123NO10/c1-4-7-10-13-16-19-22-25-27-29-31-33-35-37-39-41-43-45-48-51-54-57-60-63-70(80)86-73-72(82)71(81)69(64-77)85-75(73)84-65-66(67(78)61-58-55-52-49-46-24-21-18-15-12-9-6-3)76-74(83)68(79)62-59-56-53-50-47-44-42-40-38-36-34-32-30-28-26-23-20-17-14-11-8-5-2/h7-8,10-11,16-17,19-20,25-28,31-34,37-40,44,47,58,61,66-69,71-73,75,77-79,81-82H,4-6,9,12-15,18,21-24,29-30,35-36,41-43,45-46,48-57,59-60,62-65H2,1-3H3,(H,76,83)/b10-7-,11-8-,19-16-,20-17-,27-25-,28-26-,33-31-,34-32-,39-37-,40-38-,47-44-,61-58+. The van der Waals surface area contributed by atoms with Gasteiger partial charge in [-0.25, -0.2) is 0 Å². The molecule has 0 saturated carbocycles. The van der Waals surface area contributed by atoms with Crippen molar-refractivity contribution in [1.29, 1.82) is 0 Å². The summed E-state index contributed by atoms with van der Waals surface area (Å²) >= 11 is 0. The van der Waals surface area contributed by atoms with Crippen molar-refractivity contribution in [3.63, 3.8) is 0 Å². The van der Waals surface area contributed by atoms with Crippen molar-refractivity contribution >= 4 is 11.9 Å². The molecule has 0 aromatic carbocycles. The molecular weight excluding hydrogens is 1070 g/mol. The Labute approximate surface area is 524 Å². The molecule has 8 unspecified atom stereocenters. The van der Waals surface area contributed by atoms with Gasteiger partial charge in [-0.2, -0.15) is 0 Å². The summed E-state index contributed by atoms with van der Waals surface area (Å²) in [4.78, 5) is 26.7. The van der Waals surface area contributed by atoms with Gasteiger partial charge in [0.2, 0.25) is 5.91 Å². The Morgan fingerprint density at radius 1 is 0.465 bits per heavy atom. The minimum absolute atomic E-state index is 0.0984. The van der Waals surface area contributed by atoms with Gasteiger partial charge in [0.15, 0.2) is 12.4 Å². The maximum absolute atomic E-state index is 13.5. The van der Waals surface area contributed by atoms with E-state index in [9.17, 15) is 35.1 Å². The lowest BCUT2D eigenvalue weighted by Crippen LogP contribution is -2.61. The average molecular weight is 1200 g/mol. The number of nitrogens with one attached hydrogen (secondary N) is 1. The molecule has 86 heavy (non-hydrogen) atoms. The van der Waals surface area contributed by atoms with Gasteiger partial charge < -0.3 is 45.1 Å². The van der Waals surface area contributed by atoms with Crippen LogP contribution in [0.2, 0.25) is 0 Å². The molecule has 1 aliphatic rings. The van der Waals surface area contributed by atoms with E-state index in [0.29, 0.717) is 12.8 Å². The molecule has 1 heterocycles. The number of unbranched alkanes of at least 4 members (excludes halogenated alkanes) is 20. The average Bonchev–Trinajstić information content (AvgIpc) is 3.59. The number of hydrogen-bond acceptors (Lipinski definition) is 10. The van der Waals surface area contributed by atoms with Gasteiger partial charge in [0.25, 0.3) is 0 Å². The van der Waals surface area contributed by atoms with Gasteiger partial charge in [-0.3, -0.25) is 9.59 Å². The van der Waals surface area contributed by atoms with Crippen LogP contribution in [-0.4, -0.2) is 99.6 Å². The highest BCUT2D eigenvalue weighted by Crippen LogP contribution is 2.26. The number of carbonyl (C=O) groups is 2. The van der Waals surface area contributed by atoms with Crippen molar-refractivity contribution in [1.82, 2.24) is 5.32 Å². The topological polar surface area (TPSA) is 175 Å². The summed E-state index contributed by atoms with van der Waals surface area (Å²) in [5.74, 6) is -1.24. The number of aliphatic hydroxyl groups is 5. The summed E-state index contributed by atoms with van der Waals surface area (Å²) in [5, 5.41) is 57.2. The number of aliphatic hydroxyl groups excluding tert-OH is 5. The fourth-order valence-electron chi connectivity index (χ4n) is 9.68. The molecule has 1 aliphatic heterocycles. The first kappa shape index (κ1) is 79.6. The van der Waals surface area contributed by atoms with E-state index in [1.54, 1.807) is 6.08 Å². The van der Waals surface area contributed by atoms with Crippen molar-refractivity contribution in [3.8, 4) is 0 Å². The smallest absolute Gasteiger partial charge is 0.306 e. The molecule has 8 atom stereocenters. The van der Waals surface area contributed by atoms with Gasteiger partial charge >= 0.3 is 5.97 Å². The van der Waals surface area contributed by atoms with Crippen molar-refractivity contribution in [2.75, 3.05) is 13.2 Å². The molecular formula is C75H123NO10. The summed E-state index contributed by atoms with van der Waals surface area (Å²) in [7, 11) is 0. The zero-order valence-electron chi connectivity index (χ0n) is 54.1. The van der Waals surface area contributed by atoms with Gasteiger partial charge in [0.1, 0.15) is 24.4 Å². The van der Waals surface area contributed by atoms with Crippen LogP contribution in [0.15, 0.2) is 146 Å². The Hall–Kier alpha value is -4.46. The lowest BCUT2D eigenvalue weighted by atomic mass is 9.99. The molecule has 1 fully saturated rings. The molecule has 11 heteroatoms. The number of ether oxygens (including phenoxy) is 3. The quantitative estimate of drug-likeness (QED) is 0.0195. The molecule has 1 saturated heterocycles. The van der Waals surface area contributed by atoms with Crippen LogP contribution in [0.1, 0.15) is 252 Å². The number of amides is 1. The van der Waals surface area contributed by atoms with Crippen LogP contribution in [0.5, 0.6) is 0 Å². The number of hydrogen-bond donors (Lipinski definition) is 6. The fourth-order valence-corrected chi connectivity index (χ4v) is 9.68. The molecule has 0 bridgehead atoms. The van der Waals surface area contributed by atoms with Crippen molar-refractivity contribution in [3.05, 3.63) is 146 Å². The van der Waals surface area contributed by atoms with Gasteiger partial charge in [0, 0.05) is 6.42 Å². The number of carbonyl (C=O) groups excluding carboxylic acids is 2. The Morgan fingerprint density at radius 3 is 1.26 bits per heavy atom. The van der Waals surface area contributed by atoms with Gasteiger partial charge in [-0.05, 0) is 122 Å². The third-order valence-corrected chi connectivity index (χ3v) is 15.0. The molecule has 0 aromatic rings. The van der Waals surface area contributed by atoms with E-state index in [0.717, 1.165) is 161 Å². The monoisotopic (exact) mass is 1200 g/mol. The predicted octanol–water partition coefficient (Wildman–Crippen LogP) is 17.3. The zero-order chi connectivity index (χ0) is 62.4. The first-order valence-corrected chi connectivity index (χ1v) is 34.1. The maximum atomic E-state index is 13.5. The Bertz CT molecular complexity index is 1960. The van der Waals surface area contributed by atoms with Gasteiger partial charge in [0.05, 0.1) is 25.4 Å². The lowest BCUT2D eigenvalue weighted by Gasteiger charge is -2.41. The molecule has 0 aromatic heterocycles. The van der Waals surface area contributed by atoms with E-state index >= 15 is 0 Å². The second kappa shape index (κ2) is 60.8. The third-order valence-electron chi connectivity index (χ3n) is 15.0. The van der Waals surface area contributed by atoms with E-state index < -0.39 is 67.4 Å². The third kappa shape index (κ3) is 47.6. The zero-order valence-corrected chi connectivity index (χ0v) is 54.1. The molecule has 1 amide bonds. The van der Waals surface area contributed by atoms with E-state index in [1.165, 1.54) is 44.9 Å². The Balaban J connectivity index is 2.65. The molecule has 0 radical (unpaired) electrons. The van der Waals surface area contributed by atoms with Crippen LogP contribution in [0.4, 0.5) is 0 Å². The van der Waals surface area contributed by atoms with E-state index in [-0.39, 0.29) is 19.4 Å². The summed E-state index contributed by atoms with van der Waals surface area (Å²) in [6.45, 7) is 5.54. The van der Waals surface area contributed by atoms with Crippen LogP contribution < -0.4 is 5.32 Å². The van der Waals surface area contributed by atoms with E-state index in [2.05, 4.69) is 160 Å². The second-order valence-electron chi connectivity index (χ2n) is 22.8. The highest BCUT2D eigenvalue weighted by Gasteiger charge is 2.47. The first-order valence-electron chi connectivity index (χ1n) is 34.1. The lowest BCUT2D eigenvalue weighted by molar-refractivity contribution is -0.305. The van der Waals surface area contributed by atoms with Gasteiger partial charge in [-0.1, -0.05) is 269 Å². The highest BCUT2D eigenvalue weighted by molar-refractivity contribution is 5.80. The minimum atomic E-state index is -1.63. The molecule has 6 N–H and O–H groups in total. The van der Waals surface area contributed by atoms with Crippen LogP contribution >= 0.6 is 0 Å². The first-order chi connectivity index (χ1) is 42.2. The van der Waals surface area contributed by atoms with Crippen molar-refractivity contribution < 1.29 is 49.3 Å². The Morgan fingerprint density at radius 2 is 0.837 bits per heavy atom.